The maximum Gasteiger partial charge on any atom is 0.261 e. The van der Waals surface area contributed by atoms with Crippen molar-refractivity contribution in [1.82, 2.24) is 4.90 Å². The molecule has 0 radical (unpaired) electrons. The first-order chi connectivity index (χ1) is 9.61. The van der Waals surface area contributed by atoms with Gasteiger partial charge in [-0.3, -0.25) is 14.5 Å². The number of nitrogens with zero attached hydrogens (tertiary/aromatic N) is 1. The summed E-state index contributed by atoms with van der Waals surface area (Å²) in [5, 5.41) is 0. The van der Waals surface area contributed by atoms with Crippen molar-refractivity contribution in [1.29, 1.82) is 0 Å². The van der Waals surface area contributed by atoms with Crippen molar-refractivity contribution in [2.24, 2.45) is 0 Å². The summed E-state index contributed by atoms with van der Waals surface area (Å²) in [6.45, 7) is 2.06. The van der Waals surface area contributed by atoms with Gasteiger partial charge in [0, 0.05) is 13.0 Å². The lowest BCUT2D eigenvalue weighted by molar-refractivity contribution is -0.117. The molecule has 106 valence electrons. The highest BCUT2D eigenvalue weighted by Gasteiger charge is 2.34. The predicted molar refractivity (Wildman–Crippen MR) is 75.6 cm³/mol. The Kier molecular flexibility index (Phi) is 4.66. The molecule has 2 amide bonds. The first kappa shape index (κ1) is 14.4. The molecule has 20 heavy (non-hydrogen) atoms. The van der Waals surface area contributed by atoms with E-state index in [9.17, 15) is 14.4 Å². The Balaban J connectivity index is 1.79. The standard InChI is InChI=1S/C16H19NO3/c1-12(18)8-4-2-3-7-11-17-15(19)13-9-5-6-10-14(13)16(17)20/h5-6,9-10H,2-4,7-8,11H2,1H3. The van der Waals surface area contributed by atoms with Crippen LogP contribution in [0.3, 0.4) is 0 Å². The van der Waals surface area contributed by atoms with Gasteiger partial charge in [0.2, 0.25) is 0 Å². The predicted octanol–water partition coefficient (Wildman–Crippen LogP) is 2.82. The zero-order chi connectivity index (χ0) is 14.5. The molecule has 2 rings (SSSR count). The van der Waals surface area contributed by atoms with Crippen molar-refractivity contribution >= 4 is 17.6 Å². The van der Waals surface area contributed by atoms with E-state index in [1.54, 1.807) is 31.2 Å². The summed E-state index contributed by atoms with van der Waals surface area (Å²) in [6.07, 6.45) is 4.19. The number of Topliss-reactive ketones (excluding diaryl/α,β-unsaturated/α-hetero) is 1. The fourth-order valence-electron chi connectivity index (χ4n) is 2.44. The summed E-state index contributed by atoms with van der Waals surface area (Å²) in [6, 6.07) is 6.94. The van der Waals surface area contributed by atoms with E-state index < -0.39 is 0 Å². The van der Waals surface area contributed by atoms with Gasteiger partial charge in [-0.1, -0.05) is 25.0 Å². The Morgan fingerprint density at radius 2 is 1.50 bits per heavy atom. The van der Waals surface area contributed by atoms with Gasteiger partial charge >= 0.3 is 0 Å². The number of amides is 2. The largest absolute Gasteiger partial charge is 0.300 e. The van der Waals surface area contributed by atoms with Crippen LogP contribution in [0.2, 0.25) is 0 Å². The molecule has 0 atom stereocenters. The van der Waals surface area contributed by atoms with Crippen molar-refractivity contribution in [3.63, 3.8) is 0 Å². The minimum absolute atomic E-state index is 0.186. The fourth-order valence-corrected chi connectivity index (χ4v) is 2.44. The first-order valence-corrected chi connectivity index (χ1v) is 7.06. The number of ketones is 1. The Hall–Kier alpha value is -1.97. The van der Waals surface area contributed by atoms with Crippen molar-refractivity contribution in [2.75, 3.05) is 6.54 Å². The van der Waals surface area contributed by atoms with Gasteiger partial charge in [0.1, 0.15) is 5.78 Å². The molecule has 0 N–H and O–H groups in total. The van der Waals surface area contributed by atoms with Crippen LogP contribution in [0.4, 0.5) is 0 Å². The quantitative estimate of drug-likeness (QED) is 0.567. The summed E-state index contributed by atoms with van der Waals surface area (Å²) in [5.41, 5.74) is 1.02. The maximum atomic E-state index is 12.1. The van der Waals surface area contributed by atoms with Crippen LogP contribution in [0, 0.1) is 0 Å². The van der Waals surface area contributed by atoms with Crippen LogP contribution >= 0.6 is 0 Å². The highest BCUT2D eigenvalue weighted by Crippen LogP contribution is 2.22. The van der Waals surface area contributed by atoms with E-state index in [0.29, 0.717) is 24.1 Å². The van der Waals surface area contributed by atoms with Gasteiger partial charge in [0.15, 0.2) is 0 Å². The van der Waals surface area contributed by atoms with Gasteiger partial charge in [-0.25, -0.2) is 0 Å². The minimum atomic E-state index is -0.186. The molecule has 0 aromatic heterocycles. The monoisotopic (exact) mass is 273 g/mol. The van der Waals surface area contributed by atoms with Gasteiger partial charge in [-0.15, -0.1) is 0 Å². The summed E-state index contributed by atoms with van der Waals surface area (Å²) in [5.74, 6) is -0.158. The van der Waals surface area contributed by atoms with Gasteiger partial charge in [-0.05, 0) is 31.9 Å². The van der Waals surface area contributed by atoms with Crippen LogP contribution in [0.15, 0.2) is 24.3 Å². The van der Waals surface area contributed by atoms with E-state index in [0.717, 1.165) is 25.7 Å². The Morgan fingerprint density at radius 3 is 2.05 bits per heavy atom. The second-order valence-corrected chi connectivity index (χ2v) is 5.17. The van der Waals surface area contributed by atoms with Crippen molar-refractivity contribution < 1.29 is 14.4 Å². The molecule has 0 saturated heterocycles. The second-order valence-electron chi connectivity index (χ2n) is 5.17. The Labute approximate surface area is 118 Å². The Bertz CT molecular complexity index is 501. The molecule has 4 nitrogen and oxygen atoms in total. The molecule has 0 unspecified atom stereocenters. The lowest BCUT2D eigenvalue weighted by Crippen LogP contribution is -2.30. The lowest BCUT2D eigenvalue weighted by Gasteiger charge is -2.13. The number of hydrogen-bond acceptors (Lipinski definition) is 3. The number of rotatable bonds is 7. The molecular formula is C16H19NO3. The highest BCUT2D eigenvalue weighted by molar-refractivity contribution is 6.21. The molecule has 0 aliphatic carbocycles. The number of imide groups is 1. The molecule has 1 aromatic carbocycles. The molecule has 0 bridgehead atoms. The molecule has 1 aromatic rings. The Morgan fingerprint density at radius 1 is 0.950 bits per heavy atom. The number of unbranched alkanes of at least 4 members (excludes halogenated alkanes) is 3. The molecular weight excluding hydrogens is 254 g/mol. The molecule has 0 saturated carbocycles. The number of carbonyl (C=O) groups excluding carboxylic acids is 3. The summed E-state index contributed by atoms with van der Waals surface area (Å²) in [7, 11) is 0. The molecule has 1 heterocycles. The molecule has 1 aliphatic rings. The van der Waals surface area contributed by atoms with Gasteiger partial charge < -0.3 is 4.79 Å². The number of benzene rings is 1. The third-order valence-corrected chi connectivity index (χ3v) is 3.54. The smallest absolute Gasteiger partial charge is 0.261 e. The summed E-state index contributed by atoms with van der Waals surface area (Å²) < 4.78 is 0. The van der Waals surface area contributed by atoms with Crippen LogP contribution in [-0.2, 0) is 4.79 Å². The van der Waals surface area contributed by atoms with Crippen LogP contribution in [0.1, 0.15) is 59.7 Å². The molecule has 0 fully saturated rings. The van der Waals surface area contributed by atoms with E-state index in [2.05, 4.69) is 0 Å². The zero-order valence-corrected chi connectivity index (χ0v) is 11.7. The average Bonchev–Trinajstić information content (AvgIpc) is 2.67. The lowest BCUT2D eigenvalue weighted by atomic mass is 10.1. The normalized spacial score (nSPS) is 13.8. The van der Waals surface area contributed by atoms with Crippen LogP contribution in [-0.4, -0.2) is 29.0 Å². The fraction of sp³-hybridized carbons (Fsp3) is 0.438. The third-order valence-electron chi connectivity index (χ3n) is 3.54. The minimum Gasteiger partial charge on any atom is -0.300 e. The first-order valence-electron chi connectivity index (χ1n) is 7.06. The van der Waals surface area contributed by atoms with Crippen molar-refractivity contribution in [3.8, 4) is 0 Å². The van der Waals surface area contributed by atoms with Crippen LogP contribution in [0.25, 0.3) is 0 Å². The SMILES string of the molecule is CC(=O)CCCCCCN1C(=O)c2ccccc2C1=O. The summed E-state index contributed by atoms with van der Waals surface area (Å²) >= 11 is 0. The number of carbonyl (C=O) groups is 3. The van der Waals surface area contributed by atoms with Crippen LogP contribution in [0.5, 0.6) is 0 Å². The molecule has 0 spiro atoms. The maximum absolute atomic E-state index is 12.1. The molecule has 4 heteroatoms. The zero-order valence-electron chi connectivity index (χ0n) is 11.7. The van der Waals surface area contributed by atoms with Gasteiger partial charge in [0.05, 0.1) is 11.1 Å². The third kappa shape index (κ3) is 3.13. The van der Waals surface area contributed by atoms with Crippen molar-refractivity contribution in [2.45, 2.75) is 39.0 Å². The van der Waals surface area contributed by atoms with Gasteiger partial charge in [-0.2, -0.15) is 0 Å². The van der Waals surface area contributed by atoms with E-state index in [1.165, 1.54) is 4.90 Å². The van der Waals surface area contributed by atoms with Gasteiger partial charge in [0.25, 0.3) is 11.8 Å². The van der Waals surface area contributed by atoms with Crippen molar-refractivity contribution in [3.05, 3.63) is 35.4 Å². The molecule has 1 aliphatic heterocycles. The van der Waals surface area contributed by atoms with E-state index in [1.807, 2.05) is 0 Å². The summed E-state index contributed by atoms with van der Waals surface area (Å²) in [4.78, 5) is 36.3. The van der Waals surface area contributed by atoms with E-state index in [-0.39, 0.29) is 17.6 Å². The number of fused-ring (bicyclic) bond motifs is 1. The second kappa shape index (κ2) is 6.46. The van der Waals surface area contributed by atoms with E-state index in [4.69, 9.17) is 0 Å². The highest BCUT2D eigenvalue weighted by atomic mass is 16.2. The van der Waals surface area contributed by atoms with E-state index >= 15 is 0 Å². The van der Waals surface area contributed by atoms with Crippen LogP contribution < -0.4 is 0 Å². The average molecular weight is 273 g/mol. The number of hydrogen-bond donors (Lipinski definition) is 0. The topological polar surface area (TPSA) is 54.5 Å².